The first-order valence-corrected chi connectivity index (χ1v) is 17.8. The van der Waals surface area contributed by atoms with Crippen LogP contribution in [0.5, 0.6) is 0 Å². The Labute approximate surface area is 312 Å². The number of carbonyl (C=O) groups excluding carboxylic acids is 3. The number of cyclic esters (lactones) is 1. The molecule has 4 rings (SSSR count). The van der Waals surface area contributed by atoms with Gasteiger partial charge in [-0.3, -0.25) is 9.59 Å². The fraction of sp³-hybridized carbons (Fsp3) is 0.475. The molecule has 1 aliphatic heterocycles. The van der Waals surface area contributed by atoms with Gasteiger partial charge in [0.05, 0.1) is 58.4 Å². The van der Waals surface area contributed by atoms with Gasteiger partial charge < -0.3 is 47.9 Å². The number of rotatable bonds is 23. The molecule has 0 spiro atoms. The van der Waals surface area contributed by atoms with E-state index in [4.69, 9.17) is 33.2 Å². The van der Waals surface area contributed by atoms with Crippen molar-refractivity contribution in [2.24, 2.45) is 0 Å². The van der Waals surface area contributed by atoms with Gasteiger partial charge in [0.2, 0.25) is 0 Å². The van der Waals surface area contributed by atoms with Crippen molar-refractivity contribution in [3.05, 3.63) is 89.0 Å². The van der Waals surface area contributed by atoms with E-state index in [0.29, 0.717) is 71.5 Å². The minimum Gasteiger partial charge on any atom is -0.463 e. The Bertz CT molecular complexity index is 1580. The largest absolute Gasteiger partial charge is 0.463 e. The van der Waals surface area contributed by atoms with Crippen molar-refractivity contribution in [2.75, 3.05) is 122 Å². The van der Waals surface area contributed by atoms with E-state index in [1.165, 1.54) is 13.8 Å². The molecular formula is C40H53N3O10. The average Bonchev–Trinajstić information content (AvgIpc) is 3.44. The molecule has 0 N–H and O–H groups in total. The molecule has 0 radical (unpaired) electrons. The number of esters is 3. The Morgan fingerprint density at radius 2 is 0.981 bits per heavy atom. The molecule has 288 valence electrons. The zero-order chi connectivity index (χ0) is 38.2. The highest BCUT2D eigenvalue weighted by Gasteiger charge is 2.48. The number of hydrogen-bond acceptors (Lipinski definition) is 13. The minimum atomic E-state index is -1.14. The Morgan fingerprint density at radius 3 is 1.43 bits per heavy atom. The first-order valence-electron chi connectivity index (χ1n) is 17.8. The maximum atomic E-state index is 13.6. The number of hydrogen-bond donors (Lipinski definition) is 0. The summed E-state index contributed by atoms with van der Waals surface area (Å²) in [6.07, 6.45) is 0. The van der Waals surface area contributed by atoms with Crippen LogP contribution in [-0.2, 0) is 48.3 Å². The fourth-order valence-electron chi connectivity index (χ4n) is 5.88. The van der Waals surface area contributed by atoms with E-state index < -0.39 is 5.60 Å². The summed E-state index contributed by atoms with van der Waals surface area (Å²) in [4.78, 5) is 41.6. The van der Waals surface area contributed by atoms with Crippen LogP contribution in [0.3, 0.4) is 0 Å². The second-order valence-corrected chi connectivity index (χ2v) is 12.8. The summed E-state index contributed by atoms with van der Waals surface area (Å²) in [7, 11) is 7.87. The van der Waals surface area contributed by atoms with Gasteiger partial charge in [0, 0.05) is 88.9 Å². The first kappa shape index (κ1) is 41.1. The molecule has 1 heterocycles. The molecule has 13 nitrogen and oxygen atoms in total. The monoisotopic (exact) mass is 735 g/mol. The van der Waals surface area contributed by atoms with E-state index >= 15 is 0 Å². The molecular weight excluding hydrogens is 682 g/mol. The minimum absolute atomic E-state index is 0.209. The van der Waals surface area contributed by atoms with Crippen molar-refractivity contribution >= 4 is 35.0 Å². The van der Waals surface area contributed by atoms with Crippen LogP contribution >= 0.6 is 0 Å². The van der Waals surface area contributed by atoms with E-state index in [1.807, 2.05) is 105 Å². The molecule has 0 saturated carbocycles. The number of nitrogens with zero attached hydrogens (tertiary/aromatic N) is 3. The zero-order valence-corrected chi connectivity index (χ0v) is 31.8. The maximum Gasteiger partial charge on any atom is 0.340 e. The Kier molecular flexibility index (Phi) is 15.9. The predicted octanol–water partition coefficient (Wildman–Crippen LogP) is 4.28. The third-order valence-electron chi connectivity index (χ3n) is 8.61. The fourth-order valence-corrected chi connectivity index (χ4v) is 5.88. The van der Waals surface area contributed by atoms with Crippen molar-refractivity contribution < 1.29 is 47.5 Å². The molecule has 3 aromatic carbocycles. The molecule has 0 saturated heterocycles. The van der Waals surface area contributed by atoms with Gasteiger partial charge in [-0.25, -0.2) is 4.79 Å². The van der Waals surface area contributed by atoms with Gasteiger partial charge in [0.15, 0.2) is 5.60 Å². The lowest BCUT2D eigenvalue weighted by atomic mass is 9.79. The molecule has 3 aromatic rings. The topological polar surface area (TPSA) is 126 Å². The number of anilines is 3. The lowest BCUT2D eigenvalue weighted by molar-refractivity contribution is -0.143. The molecule has 0 aliphatic carbocycles. The highest BCUT2D eigenvalue weighted by atomic mass is 16.6. The van der Waals surface area contributed by atoms with E-state index in [0.717, 1.165) is 33.8 Å². The molecule has 1 aliphatic rings. The summed E-state index contributed by atoms with van der Waals surface area (Å²) in [5, 5.41) is 0. The van der Waals surface area contributed by atoms with Gasteiger partial charge in [-0.05, 0) is 36.4 Å². The summed E-state index contributed by atoms with van der Waals surface area (Å²) < 4.78 is 38.8. The van der Waals surface area contributed by atoms with Gasteiger partial charge in [0.1, 0.15) is 13.2 Å². The normalized spacial score (nSPS) is 14.7. The van der Waals surface area contributed by atoms with E-state index in [9.17, 15) is 14.4 Å². The number of ether oxygens (including phenoxy) is 7. The smallest absolute Gasteiger partial charge is 0.340 e. The number of fused-ring (bicyclic) bond motifs is 1. The molecule has 0 amide bonds. The van der Waals surface area contributed by atoms with Crippen LogP contribution in [-0.4, -0.2) is 125 Å². The second-order valence-electron chi connectivity index (χ2n) is 12.8. The SMILES string of the molecule is CC(=O)OCCOCCOCCN(CCOCCOCCOC(C)=O)c1ccc(C2(c3ccc(N(C)C)cc3)OC(=O)c3cc(N(C)C)ccc32)cc1. The van der Waals surface area contributed by atoms with Crippen LogP contribution in [0.25, 0.3) is 0 Å². The highest BCUT2D eigenvalue weighted by Crippen LogP contribution is 2.48. The Balaban J connectivity index is 1.50. The summed E-state index contributed by atoms with van der Waals surface area (Å²) in [5.74, 6) is -1.04. The van der Waals surface area contributed by atoms with Gasteiger partial charge >= 0.3 is 17.9 Å². The summed E-state index contributed by atoms with van der Waals surface area (Å²) in [6.45, 7) is 7.35. The molecule has 0 aromatic heterocycles. The molecule has 0 bridgehead atoms. The summed E-state index contributed by atoms with van der Waals surface area (Å²) in [5.41, 5.74) is 4.77. The van der Waals surface area contributed by atoms with Crippen LogP contribution < -0.4 is 14.7 Å². The molecule has 0 fully saturated rings. The van der Waals surface area contributed by atoms with Crippen LogP contribution in [0, 0.1) is 0 Å². The van der Waals surface area contributed by atoms with Gasteiger partial charge in [-0.2, -0.15) is 0 Å². The average molecular weight is 736 g/mol. The predicted molar refractivity (Wildman–Crippen MR) is 202 cm³/mol. The van der Waals surface area contributed by atoms with Gasteiger partial charge in [-0.15, -0.1) is 0 Å². The second kappa shape index (κ2) is 20.5. The van der Waals surface area contributed by atoms with Gasteiger partial charge in [0.25, 0.3) is 0 Å². The lowest BCUT2D eigenvalue weighted by Crippen LogP contribution is -2.32. The maximum absolute atomic E-state index is 13.6. The van der Waals surface area contributed by atoms with E-state index in [1.54, 1.807) is 0 Å². The molecule has 1 atom stereocenters. The van der Waals surface area contributed by atoms with Crippen LogP contribution in [0.1, 0.15) is 40.9 Å². The van der Waals surface area contributed by atoms with Crippen molar-refractivity contribution in [3.8, 4) is 0 Å². The van der Waals surface area contributed by atoms with Gasteiger partial charge in [-0.1, -0.05) is 30.3 Å². The quantitative estimate of drug-likeness (QED) is 0.0783. The standard InChI is InChI=1S/C40H53N3O10/c1-30(44)51-27-25-49-23-21-47-19-17-43(18-20-48-22-24-50-26-28-52-31(2)45)35-13-9-33(10-14-35)40(32-7-11-34(12-8-32)41(3)4)38-16-15-36(42(5)6)29-37(38)39(46)53-40/h7-16,29H,17-28H2,1-6H3. The molecule has 53 heavy (non-hydrogen) atoms. The zero-order valence-electron chi connectivity index (χ0n) is 31.8. The first-order chi connectivity index (χ1) is 25.5. The van der Waals surface area contributed by atoms with Crippen molar-refractivity contribution in [1.29, 1.82) is 0 Å². The third kappa shape index (κ3) is 11.6. The number of benzene rings is 3. The molecule has 1 unspecified atom stereocenters. The number of carbonyl (C=O) groups is 3. The highest BCUT2D eigenvalue weighted by molar-refractivity contribution is 5.97. The van der Waals surface area contributed by atoms with E-state index in [2.05, 4.69) is 4.90 Å². The van der Waals surface area contributed by atoms with Crippen LogP contribution in [0.4, 0.5) is 17.1 Å². The van der Waals surface area contributed by atoms with Crippen molar-refractivity contribution in [1.82, 2.24) is 0 Å². The Hall–Kier alpha value is -4.69. The van der Waals surface area contributed by atoms with Crippen molar-refractivity contribution in [2.45, 2.75) is 19.4 Å². The van der Waals surface area contributed by atoms with Crippen LogP contribution in [0.15, 0.2) is 66.7 Å². The summed E-state index contributed by atoms with van der Waals surface area (Å²) >= 11 is 0. The summed E-state index contributed by atoms with van der Waals surface area (Å²) in [6, 6.07) is 22.1. The van der Waals surface area contributed by atoms with Crippen molar-refractivity contribution in [3.63, 3.8) is 0 Å². The van der Waals surface area contributed by atoms with Crippen LogP contribution in [0.2, 0.25) is 0 Å². The molecule has 13 heteroatoms. The third-order valence-corrected chi connectivity index (χ3v) is 8.61. The lowest BCUT2D eigenvalue weighted by Gasteiger charge is -2.32. The Morgan fingerprint density at radius 1 is 0.566 bits per heavy atom. The van der Waals surface area contributed by atoms with E-state index in [-0.39, 0.29) is 31.1 Å².